The van der Waals surface area contributed by atoms with Gasteiger partial charge in [-0.2, -0.15) is 11.8 Å². The van der Waals surface area contributed by atoms with Crippen molar-refractivity contribution in [3.05, 3.63) is 64.2 Å². The number of benzene rings is 2. The van der Waals surface area contributed by atoms with Crippen molar-refractivity contribution in [2.45, 2.75) is 19.8 Å². The van der Waals surface area contributed by atoms with Gasteiger partial charge in [-0.05, 0) is 67.8 Å². The molecule has 174 valence electrons. The second-order valence-electron chi connectivity index (χ2n) is 8.52. The molecular formula is C25H28ClN3O3S. The number of carbonyl (C=O) groups excluding carboxylic acids is 3. The third kappa shape index (κ3) is 5.71. The highest BCUT2D eigenvalue weighted by molar-refractivity contribution is 7.99. The lowest BCUT2D eigenvalue weighted by atomic mass is 9.96. The number of hydrogen-bond acceptors (Lipinski definition) is 4. The zero-order chi connectivity index (χ0) is 23.4. The highest BCUT2D eigenvalue weighted by Gasteiger charge is 2.29. The van der Waals surface area contributed by atoms with Gasteiger partial charge in [0.05, 0.1) is 5.92 Å². The van der Waals surface area contributed by atoms with E-state index in [9.17, 15) is 14.4 Å². The Morgan fingerprint density at radius 2 is 1.61 bits per heavy atom. The first-order chi connectivity index (χ1) is 15.9. The molecule has 0 spiro atoms. The number of rotatable bonds is 4. The van der Waals surface area contributed by atoms with E-state index in [0.717, 1.165) is 43.0 Å². The Bertz CT molecular complexity index is 1040. The number of halogens is 1. The van der Waals surface area contributed by atoms with Gasteiger partial charge in [0.2, 0.25) is 5.91 Å². The quantitative estimate of drug-likeness (QED) is 0.699. The van der Waals surface area contributed by atoms with Gasteiger partial charge in [0.25, 0.3) is 11.8 Å². The number of thioether (sulfide) groups is 1. The first kappa shape index (κ1) is 23.6. The van der Waals surface area contributed by atoms with Crippen LogP contribution in [0.15, 0.2) is 42.5 Å². The number of piperidine rings is 1. The normalized spacial score (nSPS) is 18.7. The lowest BCUT2D eigenvalue weighted by Crippen LogP contribution is -2.43. The molecule has 6 nitrogen and oxygen atoms in total. The van der Waals surface area contributed by atoms with Crippen LogP contribution in [-0.2, 0) is 4.79 Å². The van der Waals surface area contributed by atoms with Gasteiger partial charge >= 0.3 is 0 Å². The van der Waals surface area contributed by atoms with Crippen molar-refractivity contribution in [1.82, 2.24) is 9.80 Å². The van der Waals surface area contributed by atoms with Gasteiger partial charge in [-0.15, -0.1) is 0 Å². The zero-order valence-electron chi connectivity index (χ0n) is 18.7. The number of amides is 3. The van der Waals surface area contributed by atoms with Gasteiger partial charge in [-0.25, -0.2) is 0 Å². The van der Waals surface area contributed by atoms with E-state index in [-0.39, 0.29) is 23.6 Å². The van der Waals surface area contributed by atoms with E-state index in [2.05, 4.69) is 5.32 Å². The van der Waals surface area contributed by atoms with Crippen molar-refractivity contribution in [3.63, 3.8) is 0 Å². The van der Waals surface area contributed by atoms with Crippen LogP contribution in [0.1, 0.15) is 39.1 Å². The van der Waals surface area contributed by atoms with Gasteiger partial charge in [-0.3, -0.25) is 14.4 Å². The fraction of sp³-hybridized carbons (Fsp3) is 0.400. The van der Waals surface area contributed by atoms with Crippen LogP contribution < -0.4 is 5.32 Å². The van der Waals surface area contributed by atoms with Crippen LogP contribution in [0.25, 0.3) is 0 Å². The number of carbonyl (C=O) groups is 3. The van der Waals surface area contributed by atoms with Crippen LogP contribution in [0, 0.1) is 12.8 Å². The Morgan fingerprint density at radius 1 is 0.939 bits per heavy atom. The Hall–Kier alpha value is -2.51. The van der Waals surface area contributed by atoms with Crippen LogP contribution in [0.2, 0.25) is 5.02 Å². The molecule has 2 aliphatic rings. The molecule has 0 bridgehead atoms. The average Bonchev–Trinajstić information content (AvgIpc) is 2.85. The first-order valence-electron chi connectivity index (χ1n) is 11.3. The van der Waals surface area contributed by atoms with E-state index in [1.54, 1.807) is 41.3 Å². The lowest BCUT2D eigenvalue weighted by Gasteiger charge is -2.32. The van der Waals surface area contributed by atoms with Crippen LogP contribution in [0.4, 0.5) is 5.69 Å². The fourth-order valence-corrected chi connectivity index (χ4v) is 5.30. The molecule has 33 heavy (non-hydrogen) atoms. The summed E-state index contributed by atoms with van der Waals surface area (Å²) in [5, 5.41) is 3.59. The van der Waals surface area contributed by atoms with Crippen molar-refractivity contribution in [3.8, 4) is 0 Å². The predicted molar refractivity (Wildman–Crippen MR) is 133 cm³/mol. The lowest BCUT2D eigenvalue weighted by molar-refractivity contribution is -0.121. The number of hydrogen-bond donors (Lipinski definition) is 1. The number of nitrogens with one attached hydrogen (secondary N) is 1. The Balaban J connectivity index is 1.38. The van der Waals surface area contributed by atoms with Crippen LogP contribution >= 0.6 is 23.4 Å². The maximum Gasteiger partial charge on any atom is 0.253 e. The highest BCUT2D eigenvalue weighted by Crippen LogP contribution is 2.24. The number of nitrogens with zero attached hydrogens (tertiary/aromatic N) is 2. The van der Waals surface area contributed by atoms with Crippen molar-refractivity contribution in [1.29, 1.82) is 0 Å². The minimum Gasteiger partial charge on any atom is -0.338 e. The second kappa shape index (κ2) is 10.6. The van der Waals surface area contributed by atoms with Gasteiger partial charge in [0.15, 0.2) is 0 Å². The molecule has 0 aromatic heterocycles. The monoisotopic (exact) mass is 485 g/mol. The van der Waals surface area contributed by atoms with Crippen LogP contribution in [0.3, 0.4) is 0 Å². The van der Waals surface area contributed by atoms with Gasteiger partial charge in [0.1, 0.15) is 0 Å². The van der Waals surface area contributed by atoms with Crippen molar-refractivity contribution < 1.29 is 14.4 Å². The van der Waals surface area contributed by atoms with Crippen molar-refractivity contribution >= 4 is 46.8 Å². The zero-order valence-corrected chi connectivity index (χ0v) is 20.3. The van der Waals surface area contributed by atoms with Gasteiger partial charge in [0, 0.05) is 59.5 Å². The maximum atomic E-state index is 13.0. The van der Waals surface area contributed by atoms with E-state index in [0.29, 0.717) is 34.9 Å². The highest BCUT2D eigenvalue weighted by atomic mass is 35.5. The van der Waals surface area contributed by atoms with Crippen LogP contribution in [0.5, 0.6) is 0 Å². The molecule has 1 unspecified atom stereocenters. The molecule has 2 aliphatic heterocycles. The molecule has 1 N–H and O–H groups in total. The number of anilines is 1. The third-order valence-electron chi connectivity index (χ3n) is 6.20. The summed E-state index contributed by atoms with van der Waals surface area (Å²) in [7, 11) is 0. The molecule has 2 fully saturated rings. The van der Waals surface area contributed by atoms with E-state index >= 15 is 0 Å². The Morgan fingerprint density at radius 3 is 2.30 bits per heavy atom. The molecule has 3 amide bonds. The van der Waals surface area contributed by atoms with E-state index in [4.69, 9.17) is 11.6 Å². The summed E-state index contributed by atoms with van der Waals surface area (Å²) < 4.78 is 0. The summed E-state index contributed by atoms with van der Waals surface area (Å²) in [6.07, 6.45) is 1.51. The minimum atomic E-state index is -0.276. The molecule has 2 heterocycles. The SMILES string of the molecule is Cc1cc(C(=O)N2CCSCC2)ccc1NC(=O)C1CCCN(C(=O)c2ccc(Cl)cc2)C1. The first-order valence-corrected chi connectivity index (χ1v) is 12.8. The summed E-state index contributed by atoms with van der Waals surface area (Å²) >= 11 is 7.79. The average molecular weight is 486 g/mol. The minimum absolute atomic E-state index is 0.0416. The molecular weight excluding hydrogens is 458 g/mol. The largest absolute Gasteiger partial charge is 0.338 e. The molecule has 2 saturated heterocycles. The summed E-state index contributed by atoms with van der Waals surface area (Å²) in [6.45, 7) is 4.46. The second-order valence-corrected chi connectivity index (χ2v) is 10.2. The van der Waals surface area contributed by atoms with E-state index in [1.807, 2.05) is 29.7 Å². The summed E-state index contributed by atoms with van der Waals surface area (Å²) in [4.78, 5) is 42.2. The van der Waals surface area contributed by atoms with Crippen LogP contribution in [-0.4, -0.2) is 65.2 Å². The Labute approximate surface area is 203 Å². The molecule has 4 rings (SSSR count). The third-order valence-corrected chi connectivity index (χ3v) is 7.39. The molecule has 2 aromatic carbocycles. The standard InChI is InChI=1S/C25H28ClN3O3S/c1-17-15-19(25(32)28-11-13-33-14-12-28)6-9-22(17)27-23(30)20-3-2-10-29(16-20)24(31)18-4-7-21(26)8-5-18/h4-9,15,20H,2-3,10-14,16H2,1H3,(H,27,30). The predicted octanol–water partition coefficient (Wildman–Crippen LogP) is 4.33. The molecule has 2 aromatic rings. The number of likely N-dealkylation sites (tertiary alicyclic amines) is 1. The summed E-state index contributed by atoms with van der Waals surface area (Å²) in [5.74, 6) is 1.52. The van der Waals surface area contributed by atoms with E-state index < -0.39 is 0 Å². The van der Waals surface area contributed by atoms with Gasteiger partial charge in [-0.1, -0.05) is 11.6 Å². The molecule has 0 aliphatic carbocycles. The molecule has 0 radical (unpaired) electrons. The van der Waals surface area contributed by atoms with Crippen molar-refractivity contribution in [2.75, 3.05) is 43.0 Å². The molecule has 8 heteroatoms. The molecule has 0 saturated carbocycles. The van der Waals surface area contributed by atoms with E-state index in [1.165, 1.54) is 0 Å². The fourth-order valence-electron chi connectivity index (χ4n) is 4.27. The topological polar surface area (TPSA) is 69.7 Å². The summed E-state index contributed by atoms with van der Waals surface area (Å²) in [5.41, 5.74) is 2.77. The van der Waals surface area contributed by atoms with Crippen molar-refractivity contribution in [2.24, 2.45) is 5.92 Å². The summed E-state index contributed by atoms with van der Waals surface area (Å²) in [6, 6.07) is 12.3. The number of aryl methyl sites for hydroxylation is 1. The Kier molecular flexibility index (Phi) is 7.60. The van der Waals surface area contributed by atoms with Gasteiger partial charge < -0.3 is 15.1 Å². The maximum absolute atomic E-state index is 13.0. The smallest absolute Gasteiger partial charge is 0.253 e. The molecule has 1 atom stereocenters.